The molecule has 0 radical (unpaired) electrons. The van der Waals surface area contributed by atoms with Gasteiger partial charge in [0.15, 0.2) is 11.5 Å². The van der Waals surface area contributed by atoms with Crippen LogP contribution < -0.4 is 35.3 Å². The van der Waals surface area contributed by atoms with E-state index in [1.54, 1.807) is 12.1 Å². The van der Waals surface area contributed by atoms with Crippen LogP contribution >= 0.6 is 0 Å². The average Bonchev–Trinajstić information content (AvgIpc) is 2.82. The van der Waals surface area contributed by atoms with Gasteiger partial charge in [0.05, 0.1) is 32.8 Å². The molecule has 3 N–H and O–H groups in total. The van der Waals surface area contributed by atoms with E-state index in [0.717, 1.165) is 25.8 Å². The minimum absolute atomic E-state index is 0.123. The molecule has 2 aliphatic heterocycles. The second-order valence-electron chi connectivity index (χ2n) is 8.40. The summed E-state index contributed by atoms with van der Waals surface area (Å²) >= 11 is 0. The van der Waals surface area contributed by atoms with Gasteiger partial charge in [-0.05, 0) is 26.2 Å². The molecule has 11 heteroatoms. The summed E-state index contributed by atoms with van der Waals surface area (Å²) in [5.74, 6) is -0.278. The summed E-state index contributed by atoms with van der Waals surface area (Å²) in [6.07, 6.45) is 2.94. The van der Waals surface area contributed by atoms with Gasteiger partial charge in [0.25, 0.3) is 5.56 Å². The van der Waals surface area contributed by atoms with Gasteiger partial charge in [0.2, 0.25) is 23.5 Å². The van der Waals surface area contributed by atoms with E-state index in [-0.39, 0.29) is 29.8 Å². The van der Waals surface area contributed by atoms with Gasteiger partial charge in [-0.1, -0.05) is 0 Å². The molecule has 2 aromatic rings. The number of carbonyl (C=O) groups excluding carboxylic acids is 2. The lowest BCUT2D eigenvalue weighted by molar-refractivity contribution is -0.123. The number of aromatic nitrogens is 2. The minimum atomic E-state index is -1.01. The first-order valence-corrected chi connectivity index (χ1v) is 11.2. The van der Waals surface area contributed by atoms with Crippen LogP contribution in [0.5, 0.6) is 17.2 Å². The quantitative estimate of drug-likeness (QED) is 0.584. The van der Waals surface area contributed by atoms with Crippen molar-refractivity contribution in [2.75, 3.05) is 43.4 Å². The lowest BCUT2D eigenvalue weighted by atomic mass is 9.92. The summed E-state index contributed by atoms with van der Waals surface area (Å²) in [6, 6.07) is 3.37. The molecule has 1 fully saturated rings. The maximum absolute atomic E-state index is 13.2. The number of methoxy groups -OCH3 is 3. The highest BCUT2D eigenvalue weighted by Gasteiger charge is 2.36. The van der Waals surface area contributed by atoms with Gasteiger partial charge in [-0.15, -0.1) is 0 Å². The molecule has 2 aliphatic rings. The van der Waals surface area contributed by atoms with E-state index < -0.39 is 17.4 Å². The summed E-state index contributed by atoms with van der Waals surface area (Å²) in [4.78, 5) is 48.1. The Hall–Kier alpha value is -3.76. The fraction of sp³-hybridized carbons (Fsp3) is 0.478. The van der Waals surface area contributed by atoms with Crippen LogP contribution in [-0.2, 0) is 9.59 Å². The van der Waals surface area contributed by atoms with Crippen LogP contribution in [0.1, 0.15) is 44.1 Å². The molecule has 2 amide bonds. The molecule has 0 aliphatic carbocycles. The molecule has 3 heterocycles. The van der Waals surface area contributed by atoms with Crippen LogP contribution in [0.2, 0.25) is 0 Å². The summed E-state index contributed by atoms with van der Waals surface area (Å²) in [6.45, 7) is 2.84. The number of amides is 2. The Morgan fingerprint density at radius 1 is 1.12 bits per heavy atom. The highest BCUT2D eigenvalue weighted by molar-refractivity contribution is 6.04. The summed E-state index contributed by atoms with van der Waals surface area (Å²) in [7, 11) is 4.42. The van der Waals surface area contributed by atoms with Crippen LogP contribution in [0, 0.1) is 0 Å². The van der Waals surface area contributed by atoms with E-state index in [4.69, 9.17) is 14.2 Å². The van der Waals surface area contributed by atoms with Gasteiger partial charge in [0.1, 0.15) is 5.82 Å². The van der Waals surface area contributed by atoms with Crippen LogP contribution in [-0.4, -0.2) is 55.7 Å². The summed E-state index contributed by atoms with van der Waals surface area (Å²) in [5.41, 5.74) is 0.0657. The normalized spacial score (nSPS) is 19.6. The number of nitrogens with one attached hydrogen (secondary N) is 3. The van der Waals surface area contributed by atoms with Crippen LogP contribution in [0.4, 0.5) is 17.5 Å². The molecule has 2 atom stereocenters. The van der Waals surface area contributed by atoms with Crippen molar-refractivity contribution in [3.05, 3.63) is 28.0 Å². The van der Waals surface area contributed by atoms with Crippen LogP contribution in [0.25, 0.3) is 0 Å². The molecule has 182 valence electrons. The average molecular weight is 472 g/mol. The molecule has 1 aromatic heterocycles. The smallest absolute Gasteiger partial charge is 0.258 e. The Bertz CT molecular complexity index is 1140. The number of ether oxygens (including phenoxy) is 3. The molecule has 4 rings (SSSR count). The summed E-state index contributed by atoms with van der Waals surface area (Å²) in [5, 5.41) is 5.42. The fourth-order valence-electron chi connectivity index (χ4n) is 4.51. The molecule has 0 spiro atoms. The van der Waals surface area contributed by atoms with Gasteiger partial charge >= 0.3 is 0 Å². The first kappa shape index (κ1) is 23.4. The van der Waals surface area contributed by atoms with E-state index >= 15 is 0 Å². The number of benzene rings is 1. The first-order chi connectivity index (χ1) is 16.4. The van der Waals surface area contributed by atoms with Crippen molar-refractivity contribution in [1.29, 1.82) is 0 Å². The van der Waals surface area contributed by atoms with Crippen molar-refractivity contribution in [2.45, 2.75) is 44.6 Å². The molecule has 0 unspecified atom stereocenters. The SMILES string of the molecule is COc1cc(NC(=O)[C@H]2CC(=O)Nc3nc(N4CCCC[C@@H]4C)[nH]c(=O)c32)cc(OC)c1OC. The third kappa shape index (κ3) is 4.37. The third-order valence-electron chi connectivity index (χ3n) is 6.26. The molecular formula is C23H29N5O6. The molecule has 0 saturated carbocycles. The number of carbonyl (C=O) groups is 2. The Morgan fingerprint density at radius 2 is 1.82 bits per heavy atom. The van der Waals surface area contributed by atoms with E-state index in [2.05, 4.69) is 27.5 Å². The second kappa shape index (κ2) is 9.62. The Labute approximate surface area is 196 Å². The Balaban J connectivity index is 1.66. The predicted molar refractivity (Wildman–Crippen MR) is 126 cm³/mol. The molecular weight excluding hydrogens is 442 g/mol. The lowest BCUT2D eigenvalue weighted by Gasteiger charge is -2.34. The largest absolute Gasteiger partial charge is 0.493 e. The number of aromatic amines is 1. The standard InChI is InChI=1S/C23H29N5O6/c1-12-7-5-6-8-28(12)23-26-20-18(22(31)27-23)14(11-17(29)25-20)21(30)24-13-9-15(32-2)19(34-4)16(10-13)33-3/h9-10,12,14H,5-8,11H2,1-4H3,(H,24,30)(H2,25,26,27,29,31)/t12-,14-/m0/s1. The van der Waals surface area contributed by atoms with Gasteiger partial charge in [0, 0.05) is 36.8 Å². The number of rotatable bonds is 6. The van der Waals surface area contributed by atoms with Gasteiger partial charge < -0.3 is 29.7 Å². The fourth-order valence-corrected chi connectivity index (χ4v) is 4.51. The maximum Gasteiger partial charge on any atom is 0.258 e. The topological polar surface area (TPSA) is 135 Å². The molecule has 11 nitrogen and oxygen atoms in total. The first-order valence-electron chi connectivity index (χ1n) is 11.2. The summed E-state index contributed by atoms with van der Waals surface area (Å²) < 4.78 is 16.0. The Morgan fingerprint density at radius 3 is 2.44 bits per heavy atom. The molecule has 34 heavy (non-hydrogen) atoms. The highest BCUT2D eigenvalue weighted by atomic mass is 16.5. The monoisotopic (exact) mass is 471 g/mol. The number of anilines is 3. The number of fused-ring (bicyclic) bond motifs is 1. The van der Waals surface area contributed by atoms with Crippen LogP contribution in [0.15, 0.2) is 16.9 Å². The van der Waals surface area contributed by atoms with Crippen molar-refractivity contribution >= 4 is 29.3 Å². The zero-order chi connectivity index (χ0) is 24.4. The second-order valence-corrected chi connectivity index (χ2v) is 8.40. The number of hydrogen-bond acceptors (Lipinski definition) is 8. The van der Waals surface area contributed by atoms with Crippen molar-refractivity contribution in [1.82, 2.24) is 9.97 Å². The lowest BCUT2D eigenvalue weighted by Crippen LogP contribution is -2.42. The minimum Gasteiger partial charge on any atom is -0.493 e. The van der Waals surface area contributed by atoms with Crippen molar-refractivity contribution < 1.29 is 23.8 Å². The predicted octanol–water partition coefficient (Wildman–Crippen LogP) is 2.24. The van der Waals surface area contributed by atoms with Gasteiger partial charge in [-0.3, -0.25) is 19.4 Å². The van der Waals surface area contributed by atoms with Crippen molar-refractivity contribution in [2.24, 2.45) is 0 Å². The van der Waals surface area contributed by atoms with Gasteiger partial charge in [-0.25, -0.2) is 0 Å². The number of hydrogen-bond donors (Lipinski definition) is 3. The van der Waals surface area contributed by atoms with E-state index in [1.165, 1.54) is 21.3 Å². The molecule has 1 aromatic carbocycles. The Kier molecular flexibility index (Phi) is 6.62. The van der Waals surface area contributed by atoms with E-state index in [1.807, 2.05) is 4.90 Å². The number of piperidine rings is 1. The van der Waals surface area contributed by atoms with Gasteiger partial charge in [-0.2, -0.15) is 4.98 Å². The number of nitrogens with zero attached hydrogens (tertiary/aromatic N) is 2. The zero-order valence-electron chi connectivity index (χ0n) is 19.7. The zero-order valence-corrected chi connectivity index (χ0v) is 19.7. The molecule has 1 saturated heterocycles. The van der Waals surface area contributed by atoms with Crippen molar-refractivity contribution in [3.8, 4) is 17.2 Å². The van der Waals surface area contributed by atoms with E-state index in [9.17, 15) is 14.4 Å². The van der Waals surface area contributed by atoms with E-state index in [0.29, 0.717) is 28.9 Å². The van der Waals surface area contributed by atoms with Crippen molar-refractivity contribution in [3.63, 3.8) is 0 Å². The maximum atomic E-state index is 13.2. The molecule has 0 bridgehead atoms. The number of H-pyrrole nitrogens is 1. The third-order valence-corrected chi connectivity index (χ3v) is 6.26. The highest BCUT2D eigenvalue weighted by Crippen LogP contribution is 2.40. The van der Waals surface area contributed by atoms with Crippen LogP contribution in [0.3, 0.4) is 0 Å².